The van der Waals surface area contributed by atoms with Gasteiger partial charge in [-0.25, -0.2) is 0 Å². The van der Waals surface area contributed by atoms with Crippen molar-refractivity contribution < 1.29 is 9.21 Å². The van der Waals surface area contributed by atoms with Gasteiger partial charge in [-0.3, -0.25) is 9.69 Å². The number of aromatic nitrogens is 2. The largest absolute Gasteiger partial charge is 0.424 e. The zero-order valence-corrected chi connectivity index (χ0v) is 15.0. The first kappa shape index (κ1) is 17.4. The molecular formula is C18H30N4O2. The summed E-state index contributed by atoms with van der Waals surface area (Å²) in [5.74, 6) is 2.33. The van der Waals surface area contributed by atoms with Gasteiger partial charge in [0.25, 0.3) is 0 Å². The Kier molecular flexibility index (Phi) is 5.87. The van der Waals surface area contributed by atoms with Crippen LogP contribution in [0.2, 0.25) is 0 Å². The van der Waals surface area contributed by atoms with Crippen LogP contribution in [0, 0.1) is 5.92 Å². The molecule has 2 fully saturated rings. The lowest BCUT2D eigenvalue weighted by Gasteiger charge is -2.40. The number of nitrogens with zero attached hydrogens (tertiary/aromatic N) is 4. The highest BCUT2D eigenvalue weighted by atomic mass is 16.4. The average molecular weight is 334 g/mol. The predicted octanol–water partition coefficient (Wildman–Crippen LogP) is 2.64. The molecule has 0 N–H and O–H groups in total. The molecule has 2 aliphatic rings. The van der Waals surface area contributed by atoms with E-state index in [0.29, 0.717) is 12.0 Å². The second-order valence-electron chi connectivity index (χ2n) is 7.19. The van der Waals surface area contributed by atoms with Gasteiger partial charge in [0.05, 0.1) is 6.54 Å². The summed E-state index contributed by atoms with van der Waals surface area (Å²) in [7, 11) is 0. The van der Waals surface area contributed by atoms with Crippen LogP contribution in [-0.4, -0.2) is 51.6 Å². The van der Waals surface area contributed by atoms with E-state index in [2.05, 4.69) is 20.0 Å². The third-order valence-electron chi connectivity index (χ3n) is 5.55. The van der Waals surface area contributed by atoms with E-state index in [1.54, 1.807) is 6.92 Å². The highest BCUT2D eigenvalue weighted by Gasteiger charge is 2.32. The SMILES string of the molecule is CCc1nnc(CN2CCC([C@H]3CCCCCN3C(C)=O)CC2)o1. The third-order valence-corrected chi connectivity index (χ3v) is 5.55. The zero-order chi connectivity index (χ0) is 16.9. The summed E-state index contributed by atoms with van der Waals surface area (Å²) >= 11 is 0. The number of aryl methyl sites for hydroxylation is 1. The van der Waals surface area contributed by atoms with Crippen LogP contribution in [0.15, 0.2) is 4.42 Å². The van der Waals surface area contributed by atoms with E-state index in [-0.39, 0.29) is 5.91 Å². The van der Waals surface area contributed by atoms with Crippen LogP contribution < -0.4 is 0 Å². The van der Waals surface area contributed by atoms with Crippen LogP contribution in [0.25, 0.3) is 0 Å². The van der Waals surface area contributed by atoms with Crippen LogP contribution in [0.4, 0.5) is 0 Å². The van der Waals surface area contributed by atoms with Gasteiger partial charge in [-0.15, -0.1) is 10.2 Å². The van der Waals surface area contributed by atoms with Crippen LogP contribution in [-0.2, 0) is 17.8 Å². The third kappa shape index (κ3) is 4.15. The number of hydrogen-bond acceptors (Lipinski definition) is 5. The Morgan fingerprint density at radius 2 is 1.83 bits per heavy atom. The molecule has 3 rings (SSSR count). The number of amides is 1. The lowest BCUT2D eigenvalue weighted by atomic mass is 9.86. The quantitative estimate of drug-likeness (QED) is 0.847. The molecular weight excluding hydrogens is 304 g/mol. The topological polar surface area (TPSA) is 62.5 Å². The maximum absolute atomic E-state index is 12.0. The molecule has 0 spiro atoms. The smallest absolute Gasteiger partial charge is 0.230 e. The van der Waals surface area contributed by atoms with Crippen molar-refractivity contribution >= 4 is 5.91 Å². The highest BCUT2D eigenvalue weighted by molar-refractivity contribution is 5.73. The maximum Gasteiger partial charge on any atom is 0.230 e. The molecule has 0 radical (unpaired) electrons. The first-order chi connectivity index (χ1) is 11.7. The van der Waals surface area contributed by atoms with Crippen molar-refractivity contribution in [3.63, 3.8) is 0 Å². The van der Waals surface area contributed by atoms with Gasteiger partial charge in [0.2, 0.25) is 17.7 Å². The van der Waals surface area contributed by atoms with E-state index >= 15 is 0 Å². The van der Waals surface area contributed by atoms with E-state index in [1.165, 1.54) is 19.3 Å². The Hall–Kier alpha value is -1.43. The van der Waals surface area contributed by atoms with Crippen LogP contribution in [0.3, 0.4) is 0 Å². The number of piperidine rings is 1. The Balaban J connectivity index is 1.54. The minimum absolute atomic E-state index is 0.252. The summed E-state index contributed by atoms with van der Waals surface area (Å²) in [6.07, 6.45) is 7.95. The minimum Gasteiger partial charge on any atom is -0.424 e. The van der Waals surface area contributed by atoms with Crippen molar-refractivity contribution in [2.75, 3.05) is 19.6 Å². The molecule has 3 heterocycles. The van der Waals surface area contributed by atoms with Gasteiger partial charge in [0, 0.05) is 25.9 Å². The maximum atomic E-state index is 12.0. The second kappa shape index (κ2) is 8.10. The number of rotatable bonds is 4. The van der Waals surface area contributed by atoms with Crippen molar-refractivity contribution in [3.8, 4) is 0 Å². The van der Waals surface area contributed by atoms with Gasteiger partial charge in [-0.05, 0) is 44.7 Å². The molecule has 0 bridgehead atoms. The standard InChI is InChI=1S/C18H30N4O2/c1-3-17-19-20-18(24-17)13-21-11-8-15(9-12-21)16-7-5-4-6-10-22(16)14(2)23/h15-16H,3-13H2,1-2H3/t16-/m1/s1. The number of carbonyl (C=O) groups is 1. The molecule has 6 nitrogen and oxygen atoms in total. The van der Waals surface area contributed by atoms with Crippen molar-refractivity contribution in [2.24, 2.45) is 5.92 Å². The number of likely N-dealkylation sites (tertiary alicyclic amines) is 2. The summed E-state index contributed by atoms with van der Waals surface area (Å²) in [6.45, 7) is 7.56. The van der Waals surface area contributed by atoms with Gasteiger partial charge in [0.15, 0.2) is 0 Å². The molecule has 1 amide bonds. The fraction of sp³-hybridized carbons (Fsp3) is 0.833. The molecule has 24 heavy (non-hydrogen) atoms. The molecule has 134 valence electrons. The van der Waals surface area contributed by atoms with Crippen LogP contribution >= 0.6 is 0 Å². The summed E-state index contributed by atoms with van der Waals surface area (Å²) in [5.41, 5.74) is 0. The predicted molar refractivity (Wildman–Crippen MR) is 91.3 cm³/mol. The molecule has 1 aromatic rings. The summed E-state index contributed by atoms with van der Waals surface area (Å²) < 4.78 is 5.63. The summed E-state index contributed by atoms with van der Waals surface area (Å²) in [6, 6.07) is 0.447. The minimum atomic E-state index is 0.252. The Morgan fingerprint density at radius 3 is 2.50 bits per heavy atom. The molecule has 0 unspecified atom stereocenters. The zero-order valence-electron chi connectivity index (χ0n) is 15.0. The fourth-order valence-corrected chi connectivity index (χ4v) is 4.20. The van der Waals surface area contributed by atoms with Crippen LogP contribution in [0.5, 0.6) is 0 Å². The fourth-order valence-electron chi connectivity index (χ4n) is 4.20. The van der Waals surface area contributed by atoms with Gasteiger partial charge in [-0.2, -0.15) is 0 Å². The Morgan fingerprint density at radius 1 is 1.08 bits per heavy atom. The highest BCUT2D eigenvalue weighted by Crippen LogP contribution is 2.30. The van der Waals surface area contributed by atoms with E-state index < -0.39 is 0 Å². The molecule has 2 saturated heterocycles. The Labute approximate surface area is 144 Å². The van der Waals surface area contributed by atoms with E-state index in [0.717, 1.165) is 63.6 Å². The molecule has 6 heteroatoms. The van der Waals surface area contributed by atoms with Gasteiger partial charge in [-0.1, -0.05) is 19.8 Å². The lowest BCUT2D eigenvalue weighted by molar-refractivity contribution is -0.132. The van der Waals surface area contributed by atoms with E-state index in [4.69, 9.17) is 4.42 Å². The van der Waals surface area contributed by atoms with Gasteiger partial charge < -0.3 is 9.32 Å². The van der Waals surface area contributed by atoms with Crippen molar-refractivity contribution in [2.45, 2.75) is 71.4 Å². The number of hydrogen-bond donors (Lipinski definition) is 0. The van der Waals surface area contributed by atoms with E-state index in [9.17, 15) is 4.79 Å². The molecule has 2 aliphatic heterocycles. The molecule has 0 saturated carbocycles. The first-order valence-electron chi connectivity index (χ1n) is 9.48. The summed E-state index contributed by atoms with van der Waals surface area (Å²) in [4.78, 5) is 16.6. The van der Waals surface area contributed by atoms with Gasteiger partial charge in [0.1, 0.15) is 0 Å². The average Bonchev–Trinajstić information content (AvgIpc) is 2.89. The van der Waals surface area contributed by atoms with Gasteiger partial charge >= 0.3 is 0 Å². The lowest BCUT2D eigenvalue weighted by Crippen LogP contribution is -2.47. The molecule has 1 aromatic heterocycles. The number of carbonyl (C=O) groups excluding carboxylic acids is 1. The van der Waals surface area contributed by atoms with Crippen molar-refractivity contribution in [1.29, 1.82) is 0 Å². The normalized spacial score (nSPS) is 24.1. The van der Waals surface area contributed by atoms with Crippen molar-refractivity contribution in [1.82, 2.24) is 20.0 Å². The molecule has 1 atom stereocenters. The van der Waals surface area contributed by atoms with Crippen molar-refractivity contribution in [3.05, 3.63) is 11.8 Å². The monoisotopic (exact) mass is 334 g/mol. The Bertz CT molecular complexity index is 537. The summed E-state index contributed by atoms with van der Waals surface area (Å²) in [5, 5.41) is 8.17. The second-order valence-corrected chi connectivity index (χ2v) is 7.19. The van der Waals surface area contributed by atoms with E-state index in [1.807, 2.05) is 6.92 Å². The molecule has 0 aliphatic carbocycles. The molecule has 0 aromatic carbocycles. The first-order valence-corrected chi connectivity index (χ1v) is 9.48. The van der Waals surface area contributed by atoms with Crippen LogP contribution in [0.1, 0.15) is 64.2 Å².